The third kappa shape index (κ3) is 1.42. The average Bonchev–Trinajstić information content (AvgIpc) is 2.82. The van der Waals surface area contributed by atoms with Crippen molar-refractivity contribution in [1.82, 2.24) is 4.98 Å². The summed E-state index contributed by atoms with van der Waals surface area (Å²) in [6.45, 7) is 4.47. The fourth-order valence-corrected chi connectivity index (χ4v) is 2.29. The summed E-state index contributed by atoms with van der Waals surface area (Å²) in [7, 11) is 1.61. The van der Waals surface area contributed by atoms with E-state index in [1.807, 2.05) is 18.2 Å². The number of aliphatic hydroxyl groups excluding tert-OH is 1. The Labute approximate surface area is 90.1 Å². The van der Waals surface area contributed by atoms with Gasteiger partial charge >= 0.3 is 0 Å². The highest BCUT2D eigenvalue weighted by molar-refractivity contribution is 5.34. The van der Waals surface area contributed by atoms with Crippen molar-refractivity contribution in [2.75, 3.05) is 13.7 Å². The normalized spacial score (nSPS) is 27.5. The Bertz CT molecular complexity index is 376. The van der Waals surface area contributed by atoms with Crippen LogP contribution in [-0.2, 0) is 5.41 Å². The summed E-state index contributed by atoms with van der Waals surface area (Å²) in [5.41, 5.74) is 0.914. The van der Waals surface area contributed by atoms with Gasteiger partial charge in [-0.15, -0.1) is 0 Å². The topological polar surface area (TPSA) is 42.4 Å². The van der Waals surface area contributed by atoms with E-state index in [1.165, 1.54) is 0 Å². The van der Waals surface area contributed by atoms with Gasteiger partial charge in [-0.2, -0.15) is 0 Å². The summed E-state index contributed by atoms with van der Waals surface area (Å²) in [5, 5.41) is 9.53. The maximum absolute atomic E-state index is 9.53. The standard InChI is InChI=1S/C12H17NO2/c1-11(2)7-12(11,8-14)9-5-4-6-10(13-9)15-3/h4-6,14H,7-8H2,1-3H3. The molecule has 0 saturated heterocycles. The molecule has 3 nitrogen and oxygen atoms in total. The lowest BCUT2D eigenvalue weighted by Crippen LogP contribution is -2.20. The van der Waals surface area contributed by atoms with Crippen molar-refractivity contribution in [2.24, 2.45) is 5.41 Å². The molecule has 1 heterocycles. The third-order valence-corrected chi connectivity index (χ3v) is 3.61. The quantitative estimate of drug-likeness (QED) is 0.821. The molecule has 0 radical (unpaired) electrons. The molecule has 1 saturated carbocycles. The zero-order valence-electron chi connectivity index (χ0n) is 9.45. The predicted molar refractivity (Wildman–Crippen MR) is 58.0 cm³/mol. The smallest absolute Gasteiger partial charge is 0.213 e. The molecule has 1 unspecified atom stereocenters. The van der Waals surface area contributed by atoms with Crippen LogP contribution in [0.5, 0.6) is 5.88 Å². The molecule has 1 aliphatic rings. The molecule has 3 heteroatoms. The lowest BCUT2D eigenvalue weighted by Gasteiger charge is -2.17. The second kappa shape index (κ2) is 3.20. The third-order valence-electron chi connectivity index (χ3n) is 3.61. The molecular weight excluding hydrogens is 190 g/mol. The number of hydrogen-bond donors (Lipinski definition) is 1. The SMILES string of the molecule is COc1cccc(C2(CO)CC2(C)C)n1. The molecule has 0 aromatic carbocycles. The second-order valence-electron chi connectivity index (χ2n) is 4.87. The molecule has 0 spiro atoms. The van der Waals surface area contributed by atoms with Crippen molar-refractivity contribution < 1.29 is 9.84 Å². The Hall–Kier alpha value is -1.09. The zero-order valence-corrected chi connectivity index (χ0v) is 9.45. The number of pyridine rings is 1. The summed E-state index contributed by atoms with van der Waals surface area (Å²) >= 11 is 0. The second-order valence-corrected chi connectivity index (χ2v) is 4.87. The van der Waals surface area contributed by atoms with Gasteiger partial charge in [-0.25, -0.2) is 4.98 Å². The van der Waals surface area contributed by atoms with Crippen molar-refractivity contribution in [2.45, 2.75) is 25.7 Å². The first kappa shape index (κ1) is 10.4. The molecule has 0 aliphatic heterocycles. The number of hydrogen-bond acceptors (Lipinski definition) is 3. The molecule has 1 atom stereocenters. The molecule has 0 bridgehead atoms. The van der Waals surface area contributed by atoms with Crippen LogP contribution in [-0.4, -0.2) is 23.8 Å². The van der Waals surface area contributed by atoms with Crippen molar-refractivity contribution >= 4 is 0 Å². The van der Waals surface area contributed by atoms with E-state index in [1.54, 1.807) is 7.11 Å². The Morgan fingerprint density at radius 3 is 2.60 bits per heavy atom. The van der Waals surface area contributed by atoms with Gasteiger partial charge in [-0.1, -0.05) is 19.9 Å². The number of rotatable bonds is 3. The van der Waals surface area contributed by atoms with Crippen LogP contribution in [0.1, 0.15) is 26.0 Å². The molecule has 0 amide bonds. The molecule has 82 valence electrons. The van der Waals surface area contributed by atoms with Crippen LogP contribution >= 0.6 is 0 Å². The van der Waals surface area contributed by atoms with E-state index in [-0.39, 0.29) is 17.4 Å². The van der Waals surface area contributed by atoms with E-state index in [4.69, 9.17) is 4.74 Å². The Balaban J connectivity index is 2.37. The van der Waals surface area contributed by atoms with Crippen LogP contribution < -0.4 is 4.74 Å². The minimum Gasteiger partial charge on any atom is -0.481 e. The van der Waals surface area contributed by atoms with Crippen LogP contribution in [0.3, 0.4) is 0 Å². The monoisotopic (exact) mass is 207 g/mol. The summed E-state index contributed by atoms with van der Waals surface area (Å²) in [4.78, 5) is 4.41. The first-order valence-corrected chi connectivity index (χ1v) is 5.18. The van der Waals surface area contributed by atoms with Gasteiger partial charge in [-0.3, -0.25) is 0 Å². The minimum atomic E-state index is -0.165. The predicted octanol–water partition coefficient (Wildman–Crippen LogP) is 1.75. The Morgan fingerprint density at radius 2 is 2.13 bits per heavy atom. The van der Waals surface area contributed by atoms with Crippen LogP contribution in [0.15, 0.2) is 18.2 Å². The van der Waals surface area contributed by atoms with Gasteiger partial charge in [0.25, 0.3) is 0 Å². The maximum atomic E-state index is 9.53. The Kier molecular flexibility index (Phi) is 2.23. The van der Waals surface area contributed by atoms with Crippen molar-refractivity contribution in [3.05, 3.63) is 23.9 Å². The number of aliphatic hydroxyl groups is 1. The molecule has 1 aromatic rings. The molecule has 1 aliphatic carbocycles. The van der Waals surface area contributed by atoms with Gasteiger partial charge in [0.15, 0.2) is 0 Å². The van der Waals surface area contributed by atoms with Crippen molar-refractivity contribution in [3.63, 3.8) is 0 Å². The number of aromatic nitrogens is 1. The minimum absolute atomic E-state index is 0.140. The number of nitrogens with zero attached hydrogens (tertiary/aromatic N) is 1. The summed E-state index contributed by atoms with van der Waals surface area (Å²) in [6, 6.07) is 5.71. The fraction of sp³-hybridized carbons (Fsp3) is 0.583. The Morgan fingerprint density at radius 1 is 1.47 bits per heavy atom. The number of ether oxygens (including phenoxy) is 1. The van der Waals surface area contributed by atoms with Crippen LogP contribution in [0.2, 0.25) is 0 Å². The molecule has 1 aromatic heterocycles. The zero-order chi connectivity index (χ0) is 11.1. The summed E-state index contributed by atoms with van der Waals surface area (Å²) in [5.74, 6) is 0.614. The van der Waals surface area contributed by atoms with Crippen LogP contribution in [0, 0.1) is 5.41 Å². The summed E-state index contributed by atoms with van der Waals surface area (Å²) in [6.07, 6.45) is 0.983. The van der Waals surface area contributed by atoms with E-state index < -0.39 is 0 Å². The summed E-state index contributed by atoms with van der Waals surface area (Å²) < 4.78 is 5.10. The van der Waals surface area contributed by atoms with Gasteiger partial charge < -0.3 is 9.84 Å². The van der Waals surface area contributed by atoms with E-state index in [2.05, 4.69) is 18.8 Å². The first-order valence-electron chi connectivity index (χ1n) is 5.18. The van der Waals surface area contributed by atoms with Gasteiger partial charge in [0.05, 0.1) is 19.4 Å². The highest BCUT2D eigenvalue weighted by atomic mass is 16.5. The highest BCUT2D eigenvalue weighted by Crippen LogP contribution is 2.63. The first-order chi connectivity index (χ1) is 7.05. The average molecular weight is 207 g/mol. The van der Waals surface area contributed by atoms with Gasteiger partial charge in [0.1, 0.15) is 0 Å². The van der Waals surface area contributed by atoms with Crippen molar-refractivity contribution in [1.29, 1.82) is 0 Å². The fourth-order valence-electron chi connectivity index (χ4n) is 2.29. The number of methoxy groups -OCH3 is 1. The lowest BCUT2D eigenvalue weighted by atomic mass is 9.93. The van der Waals surface area contributed by atoms with E-state index in [0.29, 0.717) is 5.88 Å². The van der Waals surface area contributed by atoms with E-state index in [0.717, 1.165) is 12.1 Å². The van der Waals surface area contributed by atoms with Crippen molar-refractivity contribution in [3.8, 4) is 5.88 Å². The molecule has 1 fully saturated rings. The van der Waals surface area contributed by atoms with Crippen LogP contribution in [0.4, 0.5) is 0 Å². The maximum Gasteiger partial charge on any atom is 0.213 e. The van der Waals surface area contributed by atoms with Crippen LogP contribution in [0.25, 0.3) is 0 Å². The highest BCUT2D eigenvalue weighted by Gasteiger charge is 2.62. The molecule has 2 rings (SSSR count). The largest absolute Gasteiger partial charge is 0.481 e. The van der Waals surface area contributed by atoms with Gasteiger partial charge in [0.2, 0.25) is 5.88 Å². The molecule has 15 heavy (non-hydrogen) atoms. The lowest BCUT2D eigenvalue weighted by molar-refractivity contribution is 0.227. The molecular formula is C12H17NO2. The molecule has 1 N–H and O–H groups in total. The van der Waals surface area contributed by atoms with E-state index in [9.17, 15) is 5.11 Å². The van der Waals surface area contributed by atoms with Gasteiger partial charge in [0, 0.05) is 11.5 Å². The van der Waals surface area contributed by atoms with Gasteiger partial charge in [-0.05, 0) is 17.9 Å². The van der Waals surface area contributed by atoms with E-state index >= 15 is 0 Å².